The second kappa shape index (κ2) is 5.38. The number of nitrogens with one attached hydrogen (secondary N) is 1. The fourth-order valence-corrected chi connectivity index (χ4v) is 1.44. The molecule has 1 heterocycles. The lowest BCUT2D eigenvalue weighted by molar-refractivity contribution is 0.0515. The molecule has 0 saturated carbocycles. The zero-order valence-electron chi connectivity index (χ0n) is 10.0. The van der Waals surface area contributed by atoms with Gasteiger partial charge >= 0.3 is 5.97 Å². The first-order valence-corrected chi connectivity index (χ1v) is 5.52. The summed E-state index contributed by atoms with van der Waals surface area (Å²) in [5.74, 6) is -1.23. The summed E-state index contributed by atoms with van der Waals surface area (Å²) in [5.41, 5.74) is -0.797. The van der Waals surface area contributed by atoms with E-state index in [1.807, 2.05) is 0 Å². The van der Waals surface area contributed by atoms with Gasteiger partial charge in [-0.15, -0.1) is 10.2 Å². The molecule has 0 aliphatic carbocycles. The summed E-state index contributed by atoms with van der Waals surface area (Å²) >= 11 is 0. The summed E-state index contributed by atoms with van der Waals surface area (Å²) in [5, 5.41) is 7.19. The first-order chi connectivity index (χ1) is 9.11. The normalized spacial score (nSPS) is 10.2. The third-order valence-electron chi connectivity index (χ3n) is 2.26. The highest BCUT2D eigenvalue weighted by molar-refractivity contribution is 5.86. The minimum Gasteiger partial charge on any atom is -0.461 e. The van der Waals surface area contributed by atoms with Crippen LogP contribution in [0, 0.1) is 5.82 Å². The molecule has 0 spiro atoms. The van der Waals surface area contributed by atoms with Crippen LogP contribution in [0.25, 0.3) is 11.4 Å². The molecule has 0 fully saturated rings. The van der Waals surface area contributed by atoms with Gasteiger partial charge in [0.15, 0.2) is 5.82 Å². The van der Waals surface area contributed by atoms with Gasteiger partial charge in [-0.05, 0) is 19.1 Å². The quantitative estimate of drug-likeness (QED) is 0.839. The number of H-pyrrole nitrogens is 1. The van der Waals surface area contributed by atoms with E-state index in [9.17, 15) is 14.0 Å². The highest BCUT2D eigenvalue weighted by atomic mass is 19.1. The second-order valence-electron chi connectivity index (χ2n) is 3.58. The summed E-state index contributed by atoms with van der Waals surface area (Å²) < 4.78 is 17.7. The van der Waals surface area contributed by atoms with Crippen LogP contribution in [0.15, 0.2) is 29.1 Å². The van der Waals surface area contributed by atoms with Crippen LogP contribution in [0.2, 0.25) is 0 Å². The molecule has 0 radical (unpaired) electrons. The number of carbonyl (C=O) groups is 1. The maximum Gasteiger partial charge on any atom is 0.364 e. The van der Waals surface area contributed by atoms with E-state index in [2.05, 4.69) is 19.9 Å². The van der Waals surface area contributed by atoms with Crippen molar-refractivity contribution in [3.05, 3.63) is 46.1 Å². The predicted molar refractivity (Wildman–Crippen MR) is 64.0 cm³/mol. The van der Waals surface area contributed by atoms with Gasteiger partial charge in [-0.2, -0.15) is 0 Å². The minimum absolute atomic E-state index is 0.0811. The molecule has 2 rings (SSSR count). The largest absolute Gasteiger partial charge is 0.461 e. The number of aromatic nitrogens is 3. The molecular weight excluding hydrogens is 253 g/mol. The number of hydrogen-bond donors (Lipinski definition) is 1. The van der Waals surface area contributed by atoms with Crippen molar-refractivity contribution in [1.29, 1.82) is 0 Å². The lowest BCUT2D eigenvalue weighted by Crippen LogP contribution is -2.23. The van der Waals surface area contributed by atoms with Crippen LogP contribution in [0.1, 0.15) is 17.4 Å². The Balaban J connectivity index is 2.39. The lowest BCUT2D eigenvalue weighted by atomic mass is 10.2. The molecule has 0 aliphatic rings. The van der Waals surface area contributed by atoms with Gasteiger partial charge in [0, 0.05) is 5.56 Å². The summed E-state index contributed by atoms with van der Waals surface area (Å²) in [6.45, 7) is 1.74. The molecule has 0 saturated heterocycles. The number of benzene rings is 1. The monoisotopic (exact) mass is 263 g/mol. The molecule has 1 aromatic heterocycles. The molecule has 0 aliphatic heterocycles. The Hall–Kier alpha value is -2.57. The van der Waals surface area contributed by atoms with Gasteiger partial charge < -0.3 is 9.72 Å². The Morgan fingerprint density at radius 2 is 2.21 bits per heavy atom. The molecular formula is C12H10FN3O3. The van der Waals surface area contributed by atoms with Crippen molar-refractivity contribution < 1.29 is 13.9 Å². The molecule has 2 aromatic rings. The highest BCUT2D eigenvalue weighted by Gasteiger charge is 2.15. The maximum atomic E-state index is 13.0. The molecule has 98 valence electrons. The van der Waals surface area contributed by atoms with Crippen LogP contribution >= 0.6 is 0 Å². The fourth-order valence-electron chi connectivity index (χ4n) is 1.44. The molecule has 6 nitrogen and oxygen atoms in total. The summed E-state index contributed by atoms with van der Waals surface area (Å²) in [7, 11) is 0. The van der Waals surface area contributed by atoms with E-state index in [1.165, 1.54) is 18.2 Å². The summed E-state index contributed by atoms with van der Waals surface area (Å²) in [6, 6.07) is 5.50. The molecule has 1 N–H and O–H groups in total. The van der Waals surface area contributed by atoms with Crippen molar-refractivity contribution in [2.75, 3.05) is 6.61 Å². The first kappa shape index (κ1) is 12.9. The molecule has 19 heavy (non-hydrogen) atoms. The van der Waals surface area contributed by atoms with E-state index >= 15 is 0 Å². The van der Waals surface area contributed by atoms with E-state index < -0.39 is 23.0 Å². The van der Waals surface area contributed by atoms with Crippen molar-refractivity contribution in [3.8, 4) is 11.4 Å². The van der Waals surface area contributed by atoms with Gasteiger partial charge in [-0.25, -0.2) is 9.18 Å². The van der Waals surface area contributed by atoms with Crippen molar-refractivity contribution in [1.82, 2.24) is 15.2 Å². The number of carbonyl (C=O) groups excluding carboxylic acids is 1. The van der Waals surface area contributed by atoms with E-state index in [0.29, 0.717) is 5.56 Å². The van der Waals surface area contributed by atoms with E-state index in [4.69, 9.17) is 0 Å². The van der Waals surface area contributed by atoms with Crippen LogP contribution < -0.4 is 5.56 Å². The van der Waals surface area contributed by atoms with Crippen LogP contribution in [0.5, 0.6) is 0 Å². The molecule has 0 bridgehead atoms. The van der Waals surface area contributed by atoms with Gasteiger partial charge in [0.25, 0.3) is 5.56 Å². The highest BCUT2D eigenvalue weighted by Crippen LogP contribution is 2.13. The number of halogens is 1. The predicted octanol–water partition coefficient (Wildman–Crippen LogP) is 1.15. The Morgan fingerprint density at radius 1 is 1.42 bits per heavy atom. The Kier molecular flexibility index (Phi) is 3.65. The zero-order chi connectivity index (χ0) is 13.8. The smallest absolute Gasteiger partial charge is 0.364 e. The number of hydrogen-bond acceptors (Lipinski definition) is 5. The van der Waals surface area contributed by atoms with Gasteiger partial charge in [-0.3, -0.25) is 4.79 Å². The van der Waals surface area contributed by atoms with Gasteiger partial charge in [0.05, 0.1) is 6.61 Å². The summed E-state index contributed by atoms with van der Waals surface area (Å²) in [6.07, 6.45) is 0. The van der Waals surface area contributed by atoms with Crippen molar-refractivity contribution >= 4 is 5.97 Å². The van der Waals surface area contributed by atoms with Gasteiger partial charge in [-0.1, -0.05) is 12.1 Å². The van der Waals surface area contributed by atoms with Crippen LogP contribution in [-0.4, -0.2) is 27.8 Å². The molecule has 0 atom stereocenters. The van der Waals surface area contributed by atoms with Crippen molar-refractivity contribution in [2.45, 2.75) is 6.92 Å². The Labute approximate surface area is 107 Å². The Morgan fingerprint density at radius 3 is 2.84 bits per heavy atom. The number of ether oxygens (including phenoxy) is 1. The zero-order valence-corrected chi connectivity index (χ0v) is 10.0. The van der Waals surface area contributed by atoms with Crippen LogP contribution in [-0.2, 0) is 4.74 Å². The summed E-state index contributed by atoms with van der Waals surface area (Å²) in [4.78, 5) is 25.4. The Bertz CT molecular complexity index is 669. The van der Waals surface area contributed by atoms with Crippen LogP contribution in [0.4, 0.5) is 4.39 Å². The van der Waals surface area contributed by atoms with E-state index in [1.54, 1.807) is 13.0 Å². The average Bonchev–Trinajstić information content (AvgIpc) is 2.38. The standard InChI is InChI=1S/C12H10FN3O3/c1-2-19-12(18)9-11(17)14-10(16-15-9)7-4-3-5-8(13)6-7/h3-6H,2H2,1H3,(H,14,16,17). The fraction of sp³-hybridized carbons (Fsp3) is 0.167. The molecule has 0 amide bonds. The maximum absolute atomic E-state index is 13.0. The molecule has 0 unspecified atom stereocenters. The number of nitrogens with zero attached hydrogens (tertiary/aromatic N) is 2. The van der Waals surface area contributed by atoms with Gasteiger partial charge in [0.2, 0.25) is 5.69 Å². The molecule has 1 aromatic carbocycles. The van der Waals surface area contributed by atoms with Crippen molar-refractivity contribution in [2.24, 2.45) is 0 Å². The number of esters is 1. The second-order valence-corrected chi connectivity index (χ2v) is 3.58. The average molecular weight is 263 g/mol. The first-order valence-electron chi connectivity index (χ1n) is 5.52. The topological polar surface area (TPSA) is 84.9 Å². The van der Waals surface area contributed by atoms with Gasteiger partial charge in [0.1, 0.15) is 5.82 Å². The van der Waals surface area contributed by atoms with E-state index in [-0.39, 0.29) is 12.4 Å². The molecule has 7 heteroatoms. The SMILES string of the molecule is CCOC(=O)c1nnc(-c2cccc(F)c2)[nH]c1=O. The number of rotatable bonds is 3. The van der Waals surface area contributed by atoms with Crippen LogP contribution in [0.3, 0.4) is 0 Å². The third-order valence-corrected chi connectivity index (χ3v) is 2.26. The third kappa shape index (κ3) is 2.82. The minimum atomic E-state index is -0.845. The van der Waals surface area contributed by atoms with Crippen molar-refractivity contribution in [3.63, 3.8) is 0 Å². The number of aromatic amines is 1. The van der Waals surface area contributed by atoms with E-state index in [0.717, 1.165) is 0 Å². The lowest BCUT2D eigenvalue weighted by Gasteiger charge is -2.02.